The number of carbonyl (C=O) groups excluding carboxylic acids is 1. The molecule has 22 heavy (non-hydrogen) atoms. The minimum absolute atomic E-state index is 0.145. The van der Waals surface area contributed by atoms with Gasteiger partial charge in [-0.15, -0.1) is 0 Å². The first-order valence-corrected chi connectivity index (χ1v) is 6.85. The number of hydrogen-bond donors (Lipinski definition) is 2. The monoisotopic (exact) mass is 302 g/mol. The second kappa shape index (κ2) is 5.47. The third-order valence-electron chi connectivity index (χ3n) is 3.52. The van der Waals surface area contributed by atoms with Crippen molar-refractivity contribution in [2.24, 2.45) is 5.92 Å². The van der Waals surface area contributed by atoms with Crippen LogP contribution in [-0.4, -0.2) is 25.7 Å². The van der Waals surface area contributed by atoms with Gasteiger partial charge in [-0.3, -0.25) is 14.9 Å². The molecule has 3 rings (SSSR count). The molecule has 0 radical (unpaired) electrons. The summed E-state index contributed by atoms with van der Waals surface area (Å²) in [5, 5.41) is 27.3. The maximum absolute atomic E-state index is 12.2. The lowest BCUT2D eigenvalue weighted by Crippen LogP contribution is -2.16. The van der Waals surface area contributed by atoms with Gasteiger partial charge in [-0.1, -0.05) is 0 Å². The molecule has 1 aromatic heterocycles. The topological polar surface area (TPSA) is 110 Å². The highest BCUT2D eigenvalue weighted by atomic mass is 16.6. The highest BCUT2D eigenvalue weighted by molar-refractivity contribution is 6.06. The summed E-state index contributed by atoms with van der Waals surface area (Å²) in [5.41, 5.74) is -0.400. The molecule has 2 N–H and O–H groups in total. The van der Waals surface area contributed by atoms with Gasteiger partial charge in [-0.2, -0.15) is 5.10 Å². The molecule has 1 saturated carbocycles. The molecular formula is C14H14N4O4. The Kier molecular flexibility index (Phi) is 3.50. The molecule has 0 unspecified atom stereocenters. The molecular weight excluding hydrogens is 288 g/mol. The second-order valence-electron chi connectivity index (χ2n) is 5.25. The van der Waals surface area contributed by atoms with Crippen molar-refractivity contribution in [2.75, 3.05) is 5.32 Å². The molecule has 1 amide bonds. The minimum Gasteiger partial charge on any atom is -0.507 e. The second-order valence-corrected chi connectivity index (χ2v) is 5.25. The summed E-state index contributed by atoms with van der Waals surface area (Å²) >= 11 is 0. The van der Waals surface area contributed by atoms with Gasteiger partial charge >= 0.3 is 0 Å². The van der Waals surface area contributed by atoms with Crippen molar-refractivity contribution in [3.05, 3.63) is 46.1 Å². The zero-order valence-electron chi connectivity index (χ0n) is 11.6. The molecule has 0 saturated heterocycles. The molecule has 8 heteroatoms. The van der Waals surface area contributed by atoms with Crippen molar-refractivity contribution in [3.8, 4) is 5.75 Å². The van der Waals surface area contributed by atoms with Crippen LogP contribution in [0.2, 0.25) is 0 Å². The quantitative estimate of drug-likeness (QED) is 0.649. The summed E-state index contributed by atoms with van der Waals surface area (Å²) in [5.74, 6) is 0.166. The van der Waals surface area contributed by atoms with E-state index in [1.54, 1.807) is 16.9 Å². The third kappa shape index (κ3) is 2.90. The van der Waals surface area contributed by atoms with Crippen LogP contribution in [0.5, 0.6) is 5.75 Å². The number of nitrogens with one attached hydrogen (secondary N) is 1. The third-order valence-corrected chi connectivity index (χ3v) is 3.52. The lowest BCUT2D eigenvalue weighted by atomic mass is 10.1. The van der Waals surface area contributed by atoms with E-state index in [-0.39, 0.29) is 17.0 Å². The first-order valence-electron chi connectivity index (χ1n) is 6.85. The Morgan fingerprint density at radius 2 is 2.23 bits per heavy atom. The summed E-state index contributed by atoms with van der Waals surface area (Å²) in [4.78, 5) is 22.4. The first kappa shape index (κ1) is 14.1. The predicted octanol–water partition coefficient (Wildman–Crippen LogP) is 2.16. The fourth-order valence-corrected chi connectivity index (χ4v) is 2.13. The molecule has 1 aliphatic carbocycles. The summed E-state index contributed by atoms with van der Waals surface area (Å²) in [7, 11) is 0. The SMILES string of the molecule is O=C(Nc1ccnn1CC1CC1)c1cc([N+](=O)[O-])ccc1O. The fourth-order valence-electron chi connectivity index (χ4n) is 2.13. The van der Waals surface area contributed by atoms with E-state index in [4.69, 9.17) is 0 Å². The number of hydrogen-bond acceptors (Lipinski definition) is 5. The average molecular weight is 302 g/mol. The number of phenolic OH excluding ortho intramolecular Hbond substituents is 1. The van der Waals surface area contributed by atoms with Crippen molar-refractivity contribution >= 4 is 17.4 Å². The Morgan fingerprint density at radius 1 is 1.45 bits per heavy atom. The van der Waals surface area contributed by atoms with Gasteiger partial charge in [0.1, 0.15) is 11.6 Å². The Labute approximate surface area is 125 Å². The smallest absolute Gasteiger partial charge is 0.270 e. The maximum atomic E-state index is 12.2. The Hall–Kier alpha value is -2.90. The van der Waals surface area contributed by atoms with Gasteiger partial charge in [-0.25, -0.2) is 4.68 Å². The van der Waals surface area contributed by atoms with Gasteiger partial charge in [0.15, 0.2) is 0 Å². The van der Waals surface area contributed by atoms with Crippen LogP contribution in [0.15, 0.2) is 30.5 Å². The number of carbonyl (C=O) groups is 1. The van der Waals surface area contributed by atoms with Crippen molar-refractivity contribution in [1.29, 1.82) is 0 Å². The van der Waals surface area contributed by atoms with E-state index in [9.17, 15) is 20.0 Å². The number of phenols is 1. The maximum Gasteiger partial charge on any atom is 0.270 e. The molecule has 1 heterocycles. The zero-order valence-corrected chi connectivity index (χ0v) is 11.6. The molecule has 1 aromatic carbocycles. The van der Waals surface area contributed by atoms with Crippen molar-refractivity contribution in [3.63, 3.8) is 0 Å². The van der Waals surface area contributed by atoms with Crippen molar-refractivity contribution < 1.29 is 14.8 Å². The van der Waals surface area contributed by atoms with E-state index < -0.39 is 10.8 Å². The molecule has 8 nitrogen and oxygen atoms in total. The first-order chi connectivity index (χ1) is 10.5. The van der Waals surface area contributed by atoms with E-state index in [1.807, 2.05) is 0 Å². The molecule has 2 aromatic rings. The highest BCUT2D eigenvalue weighted by Gasteiger charge is 2.24. The van der Waals surface area contributed by atoms with E-state index >= 15 is 0 Å². The van der Waals surface area contributed by atoms with Crippen LogP contribution in [0.25, 0.3) is 0 Å². The van der Waals surface area contributed by atoms with Crippen LogP contribution in [0.1, 0.15) is 23.2 Å². The van der Waals surface area contributed by atoms with Crippen LogP contribution < -0.4 is 5.32 Å². The van der Waals surface area contributed by atoms with Crippen LogP contribution >= 0.6 is 0 Å². The van der Waals surface area contributed by atoms with Crippen LogP contribution in [-0.2, 0) is 6.54 Å². The number of anilines is 1. The number of aromatic hydroxyl groups is 1. The number of nitro benzene ring substituents is 1. The number of amides is 1. The molecule has 0 aliphatic heterocycles. The van der Waals surface area contributed by atoms with Crippen LogP contribution in [0, 0.1) is 16.0 Å². The molecule has 0 atom stereocenters. The summed E-state index contributed by atoms with van der Waals surface area (Å²) < 4.78 is 1.68. The van der Waals surface area contributed by atoms with E-state index in [0.29, 0.717) is 11.7 Å². The molecule has 1 aliphatic rings. The number of benzene rings is 1. The average Bonchev–Trinajstić information content (AvgIpc) is 3.19. The van der Waals surface area contributed by atoms with Gasteiger partial charge in [-0.05, 0) is 24.8 Å². The molecule has 0 spiro atoms. The standard InChI is InChI=1S/C14H14N4O4/c19-12-4-3-10(18(21)22)7-11(12)14(20)16-13-5-6-15-17(13)8-9-1-2-9/h3-7,9,19H,1-2,8H2,(H,16,20). The Bertz CT molecular complexity index is 736. The Balaban J connectivity index is 1.81. The van der Waals surface area contributed by atoms with E-state index in [0.717, 1.165) is 37.6 Å². The normalized spacial score (nSPS) is 13.8. The lowest BCUT2D eigenvalue weighted by Gasteiger charge is -2.09. The van der Waals surface area contributed by atoms with Gasteiger partial charge in [0.05, 0.1) is 16.7 Å². The van der Waals surface area contributed by atoms with Crippen LogP contribution in [0.3, 0.4) is 0 Å². The van der Waals surface area contributed by atoms with Crippen molar-refractivity contribution in [2.45, 2.75) is 19.4 Å². The largest absolute Gasteiger partial charge is 0.507 e. The van der Waals surface area contributed by atoms with Crippen molar-refractivity contribution in [1.82, 2.24) is 9.78 Å². The summed E-state index contributed by atoms with van der Waals surface area (Å²) in [6.07, 6.45) is 3.88. The predicted molar refractivity (Wildman–Crippen MR) is 77.7 cm³/mol. The molecule has 1 fully saturated rings. The van der Waals surface area contributed by atoms with Gasteiger partial charge < -0.3 is 10.4 Å². The number of rotatable bonds is 5. The summed E-state index contributed by atoms with van der Waals surface area (Å²) in [6.45, 7) is 0.726. The summed E-state index contributed by atoms with van der Waals surface area (Å²) in [6, 6.07) is 4.97. The number of nitrogens with zero attached hydrogens (tertiary/aromatic N) is 3. The van der Waals surface area contributed by atoms with Gasteiger partial charge in [0.25, 0.3) is 11.6 Å². The molecule has 114 valence electrons. The van der Waals surface area contributed by atoms with E-state index in [2.05, 4.69) is 10.4 Å². The Morgan fingerprint density at radius 3 is 2.91 bits per heavy atom. The number of nitro groups is 1. The number of non-ortho nitro benzene ring substituents is 1. The van der Waals surface area contributed by atoms with E-state index in [1.165, 1.54) is 0 Å². The number of aromatic nitrogens is 2. The lowest BCUT2D eigenvalue weighted by molar-refractivity contribution is -0.384. The molecule has 0 bridgehead atoms. The fraction of sp³-hybridized carbons (Fsp3) is 0.286. The zero-order chi connectivity index (χ0) is 15.7. The van der Waals surface area contributed by atoms with Gasteiger partial charge in [0, 0.05) is 24.7 Å². The van der Waals surface area contributed by atoms with Crippen LogP contribution in [0.4, 0.5) is 11.5 Å². The minimum atomic E-state index is -0.617. The highest BCUT2D eigenvalue weighted by Crippen LogP contribution is 2.31. The van der Waals surface area contributed by atoms with Gasteiger partial charge in [0.2, 0.25) is 0 Å².